The zero-order valence-corrected chi connectivity index (χ0v) is 17.0. The van der Waals surface area contributed by atoms with Gasteiger partial charge < -0.3 is 9.47 Å². The number of benzene rings is 3. The second kappa shape index (κ2) is 7.72. The molecule has 0 N–H and O–H groups in total. The van der Waals surface area contributed by atoms with Crippen molar-refractivity contribution >= 4 is 5.97 Å². The molecule has 0 radical (unpaired) electrons. The summed E-state index contributed by atoms with van der Waals surface area (Å²) in [4.78, 5) is 15.2. The Morgan fingerprint density at radius 3 is 1.83 bits per heavy atom. The van der Waals surface area contributed by atoms with Gasteiger partial charge in [0, 0.05) is 11.1 Å². The summed E-state index contributed by atoms with van der Waals surface area (Å²) in [5.41, 5.74) is 2.85. The van der Waals surface area contributed by atoms with Crippen molar-refractivity contribution in [3.8, 4) is 11.5 Å². The minimum atomic E-state index is -0.667. The molecule has 0 aliphatic carbocycles. The van der Waals surface area contributed by atoms with Gasteiger partial charge in [-0.25, -0.2) is 4.79 Å². The van der Waals surface area contributed by atoms with Crippen molar-refractivity contribution < 1.29 is 14.3 Å². The van der Waals surface area contributed by atoms with E-state index < -0.39 is 5.54 Å². The van der Waals surface area contributed by atoms with Crippen LogP contribution in [0.2, 0.25) is 0 Å². The van der Waals surface area contributed by atoms with Crippen LogP contribution in [0.4, 0.5) is 0 Å². The lowest BCUT2D eigenvalue weighted by molar-refractivity contribution is 0.0593. The number of para-hydroxylation sites is 2. The predicted octanol–water partition coefficient (Wildman–Crippen LogP) is 5.21. The van der Waals surface area contributed by atoms with Gasteiger partial charge in [-0.15, -0.1) is 0 Å². The molecule has 3 aromatic rings. The van der Waals surface area contributed by atoms with Crippen molar-refractivity contribution in [1.82, 2.24) is 4.90 Å². The molecule has 0 atom stereocenters. The Morgan fingerprint density at radius 1 is 0.828 bits per heavy atom. The molecule has 0 spiro atoms. The van der Waals surface area contributed by atoms with Gasteiger partial charge in [-0.05, 0) is 36.9 Å². The second-order valence-corrected chi connectivity index (χ2v) is 7.01. The first-order chi connectivity index (χ1) is 14.2. The first-order valence-corrected chi connectivity index (χ1v) is 9.98. The highest BCUT2D eigenvalue weighted by molar-refractivity contribution is 5.92. The van der Waals surface area contributed by atoms with Gasteiger partial charge in [0.25, 0.3) is 0 Å². The predicted molar refractivity (Wildman–Crippen MR) is 114 cm³/mol. The molecule has 0 bridgehead atoms. The Hall–Kier alpha value is -3.11. The Morgan fingerprint density at radius 2 is 1.31 bits per heavy atom. The molecular formula is C25H25NO3. The van der Waals surface area contributed by atoms with Crippen LogP contribution >= 0.6 is 0 Å². The van der Waals surface area contributed by atoms with E-state index in [1.54, 1.807) is 0 Å². The van der Waals surface area contributed by atoms with Crippen molar-refractivity contribution in [2.45, 2.75) is 19.4 Å². The summed E-state index contributed by atoms with van der Waals surface area (Å²) in [5, 5.41) is 0. The molecule has 0 aromatic heterocycles. The van der Waals surface area contributed by atoms with E-state index in [0.717, 1.165) is 41.3 Å². The lowest BCUT2D eigenvalue weighted by Crippen LogP contribution is -2.50. The normalized spacial score (nSPS) is 13.9. The number of rotatable bonds is 5. The van der Waals surface area contributed by atoms with Gasteiger partial charge in [0.1, 0.15) is 17.0 Å². The Labute approximate surface area is 171 Å². The van der Waals surface area contributed by atoms with E-state index in [1.807, 2.05) is 60.7 Å². The molecule has 0 fully saturated rings. The summed E-state index contributed by atoms with van der Waals surface area (Å²) in [6.45, 7) is 5.89. The number of esters is 1. The maximum absolute atomic E-state index is 12.8. The average molecular weight is 387 g/mol. The van der Waals surface area contributed by atoms with E-state index in [1.165, 1.54) is 7.11 Å². The molecule has 4 heteroatoms. The van der Waals surface area contributed by atoms with Crippen LogP contribution in [0.3, 0.4) is 0 Å². The van der Waals surface area contributed by atoms with Crippen LogP contribution in [0.1, 0.15) is 40.9 Å². The molecule has 1 aliphatic heterocycles. The van der Waals surface area contributed by atoms with E-state index >= 15 is 0 Å². The van der Waals surface area contributed by atoms with E-state index in [9.17, 15) is 4.79 Å². The van der Waals surface area contributed by atoms with Crippen LogP contribution in [0, 0.1) is 0 Å². The van der Waals surface area contributed by atoms with E-state index in [2.05, 4.69) is 30.9 Å². The van der Waals surface area contributed by atoms with Gasteiger partial charge >= 0.3 is 5.97 Å². The van der Waals surface area contributed by atoms with Crippen LogP contribution in [0.5, 0.6) is 11.5 Å². The topological polar surface area (TPSA) is 38.8 Å². The molecule has 1 heterocycles. The minimum absolute atomic E-state index is 0.339. The molecular weight excluding hydrogens is 362 g/mol. The third kappa shape index (κ3) is 2.83. The highest BCUT2D eigenvalue weighted by Gasteiger charge is 2.48. The molecule has 1 aliphatic rings. The first-order valence-electron chi connectivity index (χ1n) is 9.98. The van der Waals surface area contributed by atoms with Crippen molar-refractivity contribution in [2.75, 3.05) is 20.2 Å². The quantitative estimate of drug-likeness (QED) is 0.563. The highest BCUT2D eigenvalue weighted by atomic mass is 16.5. The van der Waals surface area contributed by atoms with Crippen LogP contribution in [0.25, 0.3) is 0 Å². The van der Waals surface area contributed by atoms with Gasteiger partial charge in [0.15, 0.2) is 0 Å². The smallest absolute Gasteiger partial charge is 0.338 e. The first kappa shape index (κ1) is 19.2. The Bertz CT molecular complexity index is 994. The van der Waals surface area contributed by atoms with Crippen molar-refractivity contribution in [3.63, 3.8) is 0 Å². The van der Waals surface area contributed by atoms with Crippen molar-refractivity contribution in [3.05, 3.63) is 95.1 Å². The van der Waals surface area contributed by atoms with E-state index in [-0.39, 0.29) is 5.97 Å². The largest absolute Gasteiger partial charge is 0.465 e. The number of hydrogen-bond acceptors (Lipinski definition) is 4. The van der Waals surface area contributed by atoms with Crippen LogP contribution < -0.4 is 4.74 Å². The molecule has 148 valence electrons. The molecule has 0 saturated carbocycles. The molecule has 3 aromatic carbocycles. The maximum Gasteiger partial charge on any atom is 0.338 e. The van der Waals surface area contributed by atoms with Gasteiger partial charge in [-0.2, -0.15) is 0 Å². The average Bonchev–Trinajstić information content (AvgIpc) is 2.78. The van der Waals surface area contributed by atoms with Crippen molar-refractivity contribution in [2.24, 2.45) is 0 Å². The van der Waals surface area contributed by atoms with Crippen molar-refractivity contribution in [1.29, 1.82) is 0 Å². The summed E-state index contributed by atoms with van der Waals surface area (Å²) in [7, 11) is 1.43. The maximum atomic E-state index is 12.8. The Kier molecular flexibility index (Phi) is 5.12. The highest BCUT2D eigenvalue weighted by Crippen LogP contribution is 2.54. The monoisotopic (exact) mass is 387 g/mol. The van der Waals surface area contributed by atoms with E-state index in [0.29, 0.717) is 5.56 Å². The lowest BCUT2D eigenvalue weighted by Gasteiger charge is -2.48. The molecule has 0 amide bonds. The molecule has 4 rings (SSSR count). The number of fused-ring (bicyclic) bond motifs is 2. The van der Waals surface area contributed by atoms with Gasteiger partial charge in [-0.3, -0.25) is 4.90 Å². The van der Waals surface area contributed by atoms with E-state index in [4.69, 9.17) is 9.47 Å². The van der Waals surface area contributed by atoms with Gasteiger partial charge in [0.05, 0.1) is 12.7 Å². The SMILES string of the molecule is CCN(CC)C1(c2ccccc2C(=O)OC)c2ccccc2Oc2ccccc21. The molecule has 0 unspecified atom stereocenters. The Balaban J connectivity index is 2.17. The summed E-state index contributed by atoms with van der Waals surface area (Å²) in [5.74, 6) is 1.27. The number of ether oxygens (including phenoxy) is 2. The summed E-state index contributed by atoms with van der Waals surface area (Å²) in [6.07, 6.45) is 0. The fraction of sp³-hybridized carbons (Fsp3) is 0.240. The molecule has 4 nitrogen and oxygen atoms in total. The fourth-order valence-corrected chi connectivity index (χ4v) is 4.56. The van der Waals surface area contributed by atoms with Gasteiger partial charge in [-0.1, -0.05) is 68.4 Å². The summed E-state index contributed by atoms with van der Waals surface area (Å²) in [6, 6.07) is 23.9. The number of carbonyl (C=O) groups excluding carboxylic acids is 1. The lowest BCUT2D eigenvalue weighted by atomic mass is 9.72. The van der Waals surface area contributed by atoms with Crippen LogP contribution in [0.15, 0.2) is 72.8 Å². The summed E-state index contributed by atoms with van der Waals surface area (Å²) < 4.78 is 11.4. The number of nitrogens with zero attached hydrogens (tertiary/aromatic N) is 1. The number of carbonyl (C=O) groups is 1. The number of methoxy groups -OCH3 is 1. The van der Waals surface area contributed by atoms with Gasteiger partial charge in [0.2, 0.25) is 0 Å². The van der Waals surface area contributed by atoms with Crippen LogP contribution in [-0.2, 0) is 10.3 Å². The number of hydrogen-bond donors (Lipinski definition) is 0. The minimum Gasteiger partial charge on any atom is -0.465 e. The van der Waals surface area contributed by atoms with Crippen LogP contribution in [-0.4, -0.2) is 31.1 Å². The standard InChI is InChI=1S/C25H25NO3/c1-4-26(5-2)25(19-13-7-6-12-18(19)24(27)28-3)20-14-8-10-16-22(20)29-23-17-11-9-15-21(23)25/h6-17H,4-5H2,1-3H3. The molecule has 29 heavy (non-hydrogen) atoms. The zero-order valence-electron chi connectivity index (χ0n) is 17.0. The fourth-order valence-electron chi connectivity index (χ4n) is 4.56. The summed E-state index contributed by atoms with van der Waals surface area (Å²) >= 11 is 0. The third-order valence-corrected chi connectivity index (χ3v) is 5.73. The zero-order chi connectivity index (χ0) is 20.4. The third-order valence-electron chi connectivity index (χ3n) is 5.73. The molecule has 0 saturated heterocycles. The second-order valence-electron chi connectivity index (χ2n) is 7.01.